The van der Waals surface area contributed by atoms with E-state index in [9.17, 15) is 4.79 Å². The van der Waals surface area contributed by atoms with Gasteiger partial charge in [-0.3, -0.25) is 4.79 Å². The third-order valence-corrected chi connectivity index (χ3v) is 5.33. The van der Waals surface area contributed by atoms with Crippen molar-refractivity contribution in [2.24, 2.45) is 0 Å². The van der Waals surface area contributed by atoms with Crippen molar-refractivity contribution in [1.29, 1.82) is 0 Å². The highest BCUT2D eigenvalue weighted by atomic mass is 32.2. The van der Waals surface area contributed by atoms with Crippen LogP contribution in [0.25, 0.3) is 22.4 Å². The zero-order valence-electron chi connectivity index (χ0n) is 12.8. The minimum absolute atomic E-state index is 0.126. The van der Waals surface area contributed by atoms with E-state index < -0.39 is 0 Å². The molecule has 4 aromatic rings. The molecule has 0 amide bonds. The molecule has 0 atom stereocenters. The summed E-state index contributed by atoms with van der Waals surface area (Å²) >= 11 is 3.05. The second kappa shape index (κ2) is 6.22. The molecule has 0 N–H and O–H groups in total. The van der Waals surface area contributed by atoms with E-state index in [2.05, 4.69) is 10.1 Å². The zero-order valence-corrected chi connectivity index (χ0v) is 14.5. The van der Waals surface area contributed by atoms with Gasteiger partial charge in [-0.25, -0.2) is 0 Å². The molecule has 2 aromatic carbocycles. The van der Waals surface area contributed by atoms with Crippen LogP contribution in [0.4, 0.5) is 0 Å². The maximum atomic E-state index is 12.5. The molecule has 118 valence electrons. The summed E-state index contributed by atoms with van der Waals surface area (Å²) in [7, 11) is 0. The topological polar surface area (TPSA) is 47.3 Å². The normalized spacial score (nSPS) is 12.1. The fraction of sp³-hybridized carbons (Fsp3) is 0.0556. The van der Waals surface area contributed by atoms with E-state index >= 15 is 0 Å². The lowest BCUT2D eigenvalue weighted by Crippen LogP contribution is -2.23. The van der Waals surface area contributed by atoms with Gasteiger partial charge >= 0.3 is 0 Å². The van der Waals surface area contributed by atoms with Gasteiger partial charge in [0.15, 0.2) is 5.82 Å². The number of hydrogen-bond donors (Lipinski definition) is 0. The molecule has 0 bridgehead atoms. The molecule has 4 nitrogen and oxygen atoms in total. The molecule has 0 unspecified atom stereocenters. The molecule has 0 saturated heterocycles. The highest BCUT2D eigenvalue weighted by Gasteiger charge is 2.11. The van der Waals surface area contributed by atoms with E-state index in [-0.39, 0.29) is 5.56 Å². The summed E-state index contributed by atoms with van der Waals surface area (Å²) in [4.78, 5) is 18.8. The van der Waals surface area contributed by atoms with E-state index in [1.807, 2.05) is 66.9 Å². The second-order valence-electron chi connectivity index (χ2n) is 5.18. The Morgan fingerprint density at radius 2 is 1.83 bits per heavy atom. The average molecular weight is 351 g/mol. The average Bonchev–Trinajstić information content (AvgIpc) is 3.17. The highest BCUT2D eigenvalue weighted by molar-refractivity contribution is 7.98. The van der Waals surface area contributed by atoms with Crippen molar-refractivity contribution in [2.45, 2.75) is 4.90 Å². The van der Waals surface area contributed by atoms with Crippen molar-refractivity contribution in [3.63, 3.8) is 0 Å². The first-order valence-corrected chi connectivity index (χ1v) is 9.39. The van der Waals surface area contributed by atoms with E-state index in [1.54, 1.807) is 11.8 Å². The molecule has 0 saturated carbocycles. The van der Waals surface area contributed by atoms with Crippen molar-refractivity contribution in [2.75, 3.05) is 6.26 Å². The Balaban J connectivity index is 1.78. The number of thiazole rings is 1. The Bertz CT molecular complexity index is 1100. The summed E-state index contributed by atoms with van der Waals surface area (Å²) in [5.74, 6) is 0.579. The molecule has 0 aliphatic heterocycles. The van der Waals surface area contributed by atoms with E-state index in [4.69, 9.17) is 0 Å². The lowest BCUT2D eigenvalue weighted by Gasteiger charge is -1.95. The lowest BCUT2D eigenvalue weighted by molar-refractivity contribution is 0.937. The molecule has 0 aliphatic carbocycles. The fourth-order valence-corrected chi connectivity index (χ4v) is 3.71. The molecular formula is C18H13N3OS2. The Hall–Kier alpha value is -2.44. The third kappa shape index (κ3) is 2.74. The van der Waals surface area contributed by atoms with Gasteiger partial charge in [-0.05, 0) is 30.0 Å². The van der Waals surface area contributed by atoms with Crippen LogP contribution in [0.5, 0.6) is 0 Å². The van der Waals surface area contributed by atoms with Crippen LogP contribution in [-0.4, -0.2) is 20.9 Å². The van der Waals surface area contributed by atoms with Crippen molar-refractivity contribution >= 4 is 34.1 Å². The van der Waals surface area contributed by atoms with Crippen LogP contribution in [0.3, 0.4) is 0 Å². The molecular weight excluding hydrogens is 338 g/mol. The molecule has 6 heteroatoms. The van der Waals surface area contributed by atoms with Crippen LogP contribution in [0.2, 0.25) is 0 Å². The highest BCUT2D eigenvalue weighted by Crippen LogP contribution is 2.17. The lowest BCUT2D eigenvalue weighted by atomic mass is 10.2. The van der Waals surface area contributed by atoms with Crippen molar-refractivity contribution in [3.05, 3.63) is 75.0 Å². The quantitative estimate of drug-likeness (QED) is 0.532. The molecule has 0 spiro atoms. The molecule has 24 heavy (non-hydrogen) atoms. The van der Waals surface area contributed by atoms with Crippen LogP contribution in [-0.2, 0) is 0 Å². The molecule has 0 radical (unpaired) electrons. The summed E-state index contributed by atoms with van der Waals surface area (Å²) in [5.41, 5.74) is 1.78. The van der Waals surface area contributed by atoms with Gasteiger partial charge in [0.25, 0.3) is 5.56 Å². The molecule has 4 rings (SSSR count). The number of aromatic nitrogens is 3. The Morgan fingerprint density at radius 1 is 1.08 bits per heavy atom. The summed E-state index contributed by atoms with van der Waals surface area (Å²) < 4.78 is 2.02. The van der Waals surface area contributed by atoms with Gasteiger partial charge in [0, 0.05) is 10.5 Å². The van der Waals surface area contributed by atoms with Crippen LogP contribution >= 0.6 is 23.1 Å². The van der Waals surface area contributed by atoms with E-state index in [1.165, 1.54) is 20.7 Å². The Labute approximate surface area is 146 Å². The van der Waals surface area contributed by atoms with E-state index in [0.29, 0.717) is 15.3 Å². The number of benzene rings is 2. The number of thioether (sulfide) groups is 1. The second-order valence-corrected chi connectivity index (χ2v) is 7.07. The maximum Gasteiger partial charge on any atom is 0.291 e. The van der Waals surface area contributed by atoms with Crippen molar-refractivity contribution in [3.8, 4) is 11.4 Å². The van der Waals surface area contributed by atoms with Crippen molar-refractivity contribution < 1.29 is 0 Å². The summed E-state index contributed by atoms with van der Waals surface area (Å²) in [6, 6.07) is 17.8. The number of nitrogens with zero attached hydrogens (tertiary/aromatic N) is 3. The predicted octanol–water partition coefficient (Wildman–Crippen LogP) is 3.09. The largest absolute Gasteiger partial charge is 0.291 e. The van der Waals surface area contributed by atoms with Crippen molar-refractivity contribution in [1.82, 2.24) is 14.6 Å². The summed E-state index contributed by atoms with van der Waals surface area (Å²) in [6.45, 7) is 0. The molecule has 2 heterocycles. The number of rotatable bonds is 3. The first-order valence-electron chi connectivity index (χ1n) is 7.35. The van der Waals surface area contributed by atoms with Crippen LogP contribution in [0.1, 0.15) is 5.56 Å². The summed E-state index contributed by atoms with van der Waals surface area (Å²) in [6.07, 6.45) is 3.93. The Kier molecular flexibility index (Phi) is 3.92. The van der Waals surface area contributed by atoms with E-state index in [0.717, 1.165) is 11.1 Å². The van der Waals surface area contributed by atoms with Gasteiger partial charge in [0.1, 0.15) is 0 Å². The van der Waals surface area contributed by atoms with Gasteiger partial charge < -0.3 is 0 Å². The Morgan fingerprint density at radius 3 is 2.50 bits per heavy atom. The smallest absolute Gasteiger partial charge is 0.266 e. The number of hydrogen-bond acceptors (Lipinski definition) is 5. The van der Waals surface area contributed by atoms with Crippen LogP contribution in [0.15, 0.2) is 64.3 Å². The maximum absolute atomic E-state index is 12.5. The molecule has 0 aliphatic rings. The van der Waals surface area contributed by atoms with Crippen LogP contribution < -0.4 is 10.1 Å². The first kappa shape index (κ1) is 15.1. The first-order chi connectivity index (χ1) is 11.7. The van der Waals surface area contributed by atoms with Gasteiger partial charge in [-0.2, -0.15) is 9.50 Å². The predicted molar refractivity (Wildman–Crippen MR) is 99.6 cm³/mol. The molecule has 0 fully saturated rings. The monoisotopic (exact) mass is 351 g/mol. The molecule has 2 aromatic heterocycles. The summed E-state index contributed by atoms with van der Waals surface area (Å²) in [5, 5.41) is 4.35. The fourth-order valence-electron chi connectivity index (χ4n) is 2.39. The number of fused-ring (bicyclic) bond motifs is 1. The van der Waals surface area contributed by atoms with Crippen LogP contribution in [0, 0.1) is 0 Å². The minimum Gasteiger partial charge on any atom is -0.266 e. The van der Waals surface area contributed by atoms with Gasteiger partial charge in [0.05, 0.1) is 4.53 Å². The standard InChI is InChI=1S/C18H13N3OS2/c1-23-14-9-7-12(8-10-14)11-15-17(22)21-18(24-15)19-16(20-21)13-5-3-2-4-6-13/h2-11H,1H3/b15-11+. The van der Waals surface area contributed by atoms with Gasteiger partial charge in [-0.15, -0.1) is 16.9 Å². The van der Waals surface area contributed by atoms with Gasteiger partial charge in [-0.1, -0.05) is 53.8 Å². The minimum atomic E-state index is -0.126. The zero-order chi connectivity index (χ0) is 16.5. The SMILES string of the molecule is CSc1ccc(/C=c2/sc3nc(-c4ccccc4)nn3c2=O)cc1. The third-order valence-electron chi connectivity index (χ3n) is 3.63. The van der Waals surface area contributed by atoms with Gasteiger partial charge in [0.2, 0.25) is 4.96 Å².